The zero-order valence-electron chi connectivity index (χ0n) is 8.53. The van der Waals surface area contributed by atoms with Crippen molar-refractivity contribution in [2.24, 2.45) is 11.1 Å². The van der Waals surface area contributed by atoms with Gasteiger partial charge in [0.05, 0.1) is 5.41 Å². The summed E-state index contributed by atoms with van der Waals surface area (Å²) in [5.41, 5.74) is 5.72. The number of carbonyl (C=O) groups is 1. The van der Waals surface area contributed by atoms with Crippen molar-refractivity contribution in [3.05, 3.63) is 24.0 Å². The molecule has 0 saturated heterocycles. The van der Waals surface area contributed by atoms with Gasteiger partial charge in [-0.3, -0.25) is 4.79 Å². The molecule has 0 amide bonds. The molecule has 14 heavy (non-hydrogen) atoms. The molecular formula is C10H16N2O2. The molecule has 1 heterocycles. The minimum atomic E-state index is -0.797. The number of aliphatic carboxylic acids is 1. The predicted octanol–water partition coefficient (Wildman–Crippen LogP) is 1.06. The largest absolute Gasteiger partial charge is 0.481 e. The molecule has 4 heteroatoms. The summed E-state index contributed by atoms with van der Waals surface area (Å²) in [5, 5.41) is 8.96. The molecule has 0 radical (unpaired) electrons. The van der Waals surface area contributed by atoms with Gasteiger partial charge in [0.2, 0.25) is 0 Å². The van der Waals surface area contributed by atoms with Crippen LogP contribution in [0.4, 0.5) is 0 Å². The quantitative estimate of drug-likeness (QED) is 0.756. The van der Waals surface area contributed by atoms with Crippen molar-refractivity contribution in [1.82, 2.24) is 4.57 Å². The summed E-state index contributed by atoms with van der Waals surface area (Å²) in [4.78, 5) is 10.9. The molecule has 0 unspecified atom stereocenters. The zero-order chi connectivity index (χ0) is 10.8. The third-order valence-electron chi connectivity index (χ3n) is 2.28. The number of hydrogen-bond donors (Lipinski definition) is 2. The fourth-order valence-electron chi connectivity index (χ4n) is 1.28. The maximum absolute atomic E-state index is 10.9. The van der Waals surface area contributed by atoms with E-state index in [1.807, 2.05) is 22.9 Å². The van der Waals surface area contributed by atoms with Crippen LogP contribution in [0.2, 0.25) is 0 Å². The first kappa shape index (κ1) is 10.8. The fourth-order valence-corrected chi connectivity index (χ4v) is 1.28. The molecule has 1 rings (SSSR count). The van der Waals surface area contributed by atoms with Crippen LogP contribution in [0.25, 0.3) is 0 Å². The third kappa shape index (κ3) is 2.14. The van der Waals surface area contributed by atoms with E-state index >= 15 is 0 Å². The molecule has 0 saturated carbocycles. The van der Waals surface area contributed by atoms with Gasteiger partial charge in [-0.1, -0.05) is 0 Å². The second-order valence-electron chi connectivity index (χ2n) is 4.02. The highest BCUT2D eigenvalue weighted by molar-refractivity contribution is 5.73. The minimum absolute atomic E-state index is 0.433. The van der Waals surface area contributed by atoms with Crippen LogP contribution in [-0.4, -0.2) is 15.6 Å². The molecule has 3 N–H and O–H groups in total. The summed E-state index contributed by atoms with van der Waals surface area (Å²) >= 11 is 0. The summed E-state index contributed by atoms with van der Waals surface area (Å²) in [6, 6.07) is 3.78. The maximum atomic E-state index is 10.9. The average molecular weight is 196 g/mol. The highest BCUT2D eigenvalue weighted by Crippen LogP contribution is 2.19. The van der Waals surface area contributed by atoms with Crippen LogP contribution in [0.1, 0.15) is 19.5 Å². The third-order valence-corrected chi connectivity index (χ3v) is 2.28. The van der Waals surface area contributed by atoms with Crippen molar-refractivity contribution < 1.29 is 9.90 Å². The van der Waals surface area contributed by atoms with E-state index in [0.29, 0.717) is 13.1 Å². The van der Waals surface area contributed by atoms with Crippen LogP contribution in [0.3, 0.4) is 0 Å². The monoisotopic (exact) mass is 196 g/mol. The van der Waals surface area contributed by atoms with Gasteiger partial charge in [0.15, 0.2) is 0 Å². The standard InChI is InChI=1S/C10H16N2O2/c1-10(2,9(13)14)7-12-5-3-4-8(12)6-11/h3-5H,6-7,11H2,1-2H3,(H,13,14). The normalized spacial score (nSPS) is 11.6. The lowest BCUT2D eigenvalue weighted by molar-refractivity contribution is -0.147. The lowest BCUT2D eigenvalue weighted by Gasteiger charge is -2.21. The van der Waals surface area contributed by atoms with Gasteiger partial charge in [0.1, 0.15) is 0 Å². The van der Waals surface area contributed by atoms with E-state index in [1.54, 1.807) is 13.8 Å². The first-order valence-corrected chi connectivity index (χ1v) is 4.55. The summed E-state index contributed by atoms with van der Waals surface area (Å²) in [7, 11) is 0. The highest BCUT2D eigenvalue weighted by atomic mass is 16.4. The predicted molar refractivity (Wildman–Crippen MR) is 53.7 cm³/mol. The van der Waals surface area contributed by atoms with Crippen LogP contribution in [0, 0.1) is 5.41 Å². The number of nitrogens with zero attached hydrogens (tertiary/aromatic N) is 1. The molecule has 0 spiro atoms. The van der Waals surface area contributed by atoms with Gasteiger partial charge in [-0.2, -0.15) is 0 Å². The first-order chi connectivity index (χ1) is 6.47. The number of carboxylic acids is 1. The van der Waals surface area contributed by atoms with Gasteiger partial charge in [-0.05, 0) is 26.0 Å². The molecule has 0 aliphatic heterocycles. The van der Waals surface area contributed by atoms with Crippen molar-refractivity contribution in [3.8, 4) is 0 Å². The Kier molecular flexibility index (Phi) is 2.96. The van der Waals surface area contributed by atoms with Gasteiger partial charge in [-0.15, -0.1) is 0 Å². The average Bonchev–Trinajstić information content (AvgIpc) is 2.50. The summed E-state index contributed by atoms with van der Waals surface area (Å²) in [5.74, 6) is -0.797. The Morgan fingerprint density at radius 2 is 2.29 bits per heavy atom. The van der Waals surface area contributed by atoms with Crippen LogP contribution < -0.4 is 5.73 Å². The Bertz CT molecular complexity index is 329. The SMILES string of the molecule is CC(C)(Cn1cccc1CN)C(=O)O. The molecular weight excluding hydrogens is 180 g/mol. The molecule has 1 aromatic rings. The second kappa shape index (κ2) is 3.84. The van der Waals surface area contributed by atoms with Crippen molar-refractivity contribution in [3.63, 3.8) is 0 Å². The molecule has 1 aromatic heterocycles. The van der Waals surface area contributed by atoms with Crippen molar-refractivity contribution in [1.29, 1.82) is 0 Å². The van der Waals surface area contributed by atoms with Crippen molar-refractivity contribution >= 4 is 5.97 Å². The zero-order valence-corrected chi connectivity index (χ0v) is 8.53. The topological polar surface area (TPSA) is 68.2 Å². The Morgan fingerprint density at radius 3 is 2.79 bits per heavy atom. The molecule has 0 atom stereocenters. The smallest absolute Gasteiger partial charge is 0.310 e. The lowest BCUT2D eigenvalue weighted by atomic mass is 9.94. The molecule has 0 bridgehead atoms. The van der Waals surface area contributed by atoms with E-state index in [4.69, 9.17) is 10.8 Å². The van der Waals surface area contributed by atoms with Gasteiger partial charge in [0.25, 0.3) is 0 Å². The van der Waals surface area contributed by atoms with Crippen LogP contribution >= 0.6 is 0 Å². The molecule has 0 aromatic carbocycles. The Balaban J connectivity index is 2.83. The molecule has 0 aliphatic carbocycles. The summed E-state index contributed by atoms with van der Waals surface area (Å²) in [6.07, 6.45) is 1.85. The molecule has 4 nitrogen and oxygen atoms in total. The van der Waals surface area contributed by atoms with E-state index in [0.717, 1.165) is 5.69 Å². The molecule has 78 valence electrons. The van der Waals surface area contributed by atoms with E-state index in [1.165, 1.54) is 0 Å². The maximum Gasteiger partial charge on any atom is 0.310 e. The van der Waals surface area contributed by atoms with Crippen LogP contribution in [0.15, 0.2) is 18.3 Å². The molecule has 0 fully saturated rings. The van der Waals surface area contributed by atoms with E-state index in [-0.39, 0.29) is 0 Å². The number of nitrogens with two attached hydrogens (primary N) is 1. The van der Waals surface area contributed by atoms with Crippen molar-refractivity contribution in [2.75, 3.05) is 0 Å². The van der Waals surface area contributed by atoms with Crippen LogP contribution in [-0.2, 0) is 17.9 Å². The number of carboxylic acid groups (broad SMARTS) is 1. The lowest BCUT2D eigenvalue weighted by Crippen LogP contribution is -2.29. The number of rotatable bonds is 4. The second-order valence-corrected chi connectivity index (χ2v) is 4.02. The fraction of sp³-hybridized carbons (Fsp3) is 0.500. The highest BCUT2D eigenvalue weighted by Gasteiger charge is 2.27. The van der Waals surface area contributed by atoms with Gasteiger partial charge in [-0.25, -0.2) is 0 Å². The van der Waals surface area contributed by atoms with E-state index in [9.17, 15) is 4.79 Å². The number of aromatic nitrogens is 1. The van der Waals surface area contributed by atoms with Gasteiger partial charge in [0, 0.05) is 25.0 Å². The van der Waals surface area contributed by atoms with E-state index in [2.05, 4.69) is 0 Å². The van der Waals surface area contributed by atoms with Crippen LogP contribution in [0.5, 0.6) is 0 Å². The number of hydrogen-bond acceptors (Lipinski definition) is 2. The molecule has 0 aliphatic rings. The Labute approximate surface area is 83.3 Å². The summed E-state index contributed by atoms with van der Waals surface area (Å²) in [6.45, 7) is 4.29. The van der Waals surface area contributed by atoms with Gasteiger partial charge < -0.3 is 15.4 Å². The minimum Gasteiger partial charge on any atom is -0.481 e. The Morgan fingerprint density at radius 1 is 1.64 bits per heavy atom. The first-order valence-electron chi connectivity index (χ1n) is 4.55. The Hall–Kier alpha value is -1.29. The van der Waals surface area contributed by atoms with Gasteiger partial charge >= 0.3 is 5.97 Å². The van der Waals surface area contributed by atoms with Crippen molar-refractivity contribution in [2.45, 2.75) is 26.9 Å². The summed E-state index contributed by atoms with van der Waals surface area (Å²) < 4.78 is 1.88. The van der Waals surface area contributed by atoms with E-state index < -0.39 is 11.4 Å².